The highest BCUT2D eigenvalue weighted by molar-refractivity contribution is 5.49. The SMILES string of the molecule is CCc1ccc(N2CC(C)CNCC2CO)cc1. The molecule has 1 heterocycles. The first kappa shape index (κ1) is 13.4. The first-order valence-electron chi connectivity index (χ1n) is 6.91. The average Bonchev–Trinajstić information content (AvgIpc) is 2.60. The maximum absolute atomic E-state index is 9.55. The van der Waals surface area contributed by atoms with Crippen LogP contribution in [-0.2, 0) is 6.42 Å². The van der Waals surface area contributed by atoms with Crippen molar-refractivity contribution in [3.63, 3.8) is 0 Å². The number of anilines is 1. The molecule has 0 spiro atoms. The Hall–Kier alpha value is -1.06. The van der Waals surface area contributed by atoms with Crippen molar-refractivity contribution in [3.8, 4) is 0 Å². The number of aryl methyl sites for hydroxylation is 1. The van der Waals surface area contributed by atoms with Gasteiger partial charge in [-0.15, -0.1) is 0 Å². The Morgan fingerprint density at radius 1 is 1.28 bits per heavy atom. The molecule has 0 aromatic heterocycles. The van der Waals surface area contributed by atoms with Gasteiger partial charge in [-0.25, -0.2) is 0 Å². The lowest BCUT2D eigenvalue weighted by molar-refractivity contribution is 0.259. The summed E-state index contributed by atoms with van der Waals surface area (Å²) in [5.41, 5.74) is 2.59. The monoisotopic (exact) mass is 248 g/mol. The minimum absolute atomic E-state index is 0.183. The Morgan fingerprint density at radius 2 is 2.00 bits per heavy atom. The summed E-state index contributed by atoms with van der Waals surface area (Å²) in [6.45, 7) is 7.51. The van der Waals surface area contributed by atoms with Crippen LogP contribution in [0.1, 0.15) is 19.4 Å². The number of aliphatic hydroxyl groups excluding tert-OH is 1. The van der Waals surface area contributed by atoms with Gasteiger partial charge in [0.05, 0.1) is 12.6 Å². The smallest absolute Gasteiger partial charge is 0.0647 e. The van der Waals surface area contributed by atoms with Gasteiger partial charge in [0, 0.05) is 18.8 Å². The van der Waals surface area contributed by atoms with Crippen LogP contribution in [0.25, 0.3) is 0 Å². The molecule has 1 fully saturated rings. The van der Waals surface area contributed by atoms with E-state index < -0.39 is 0 Å². The zero-order chi connectivity index (χ0) is 13.0. The van der Waals surface area contributed by atoms with Gasteiger partial charge >= 0.3 is 0 Å². The van der Waals surface area contributed by atoms with E-state index in [0.717, 1.165) is 26.1 Å². The maximum Gasteiger partial charge on any atom is 0.0647 e. The van der Waals surface area contributed by atoms with Crippen LogP contribution in [-0.4, -0.2) is 37.4 Å². The van der Waals surface area contributed by atoms with E-state index in [-0.39, 0.29) is 12.6 Å². The molecule has 0 amide bonds. The summed E-state index contributed by atoms with van der Waals surface area (Å²) in [4.78, 5) is 2.34. The Balaban J connectivity index is 2.19. The minimum Gasteiger partial charge on any atom is -0.394 e. The molecule has 1 aliphatic rings. The maximum atomic E-state index is 9.55. The van der Waals surface area contributed by atoms with E-state index in [1.54, 1.807) is 0 Å². The summed E-state index contributed by atoms with van der Waals surface area (Å²) in [5, 5.41) is 13.0. The summed E-state index contributed by atoms with van der Waals surface area (Å²) in [5.74, 6) is 0.604. The van der Waals surface area contributed by atoms with E-state index >= 15 is 0 Å². The number of hydrogen-bond acceptors (Lipinski definition) is 3. The van der Waals surface area contributed by atoms with Crippen molar-refractivity contribution in [2.45, 2.75) is 26.3 Å². The third kappa shape index (κ3) is 3.03. The molecule has 18 heavy (non-hydrogen) atoms. The molecule has 2 N–H and O–H groups in total. The van der Waals surface area contributed by atoms with Gasteiger partial charge in [-0.1, -0.05) is 26.0 Å². The fourth-order valence-corrected chi connectivity index (χ4v) is 2.56. The highest BCUT2D eigenvalue weighted by Crippen LogP contribution is 2.21. The predicted octanol–water partition coefficient (Wildman–Crippen LogP) is 1.66. The third-order valence-corrected chi connectivity index (χ3v) is 3.71. The van der Waals surface area contributed by atoms with Crippen LogP contribution >= 0.6 is 0 Å². The molecule has 0 radical (unpaired) electrons. The second kappa shape index (κ2) is 6.21. The van der Waals surface area contributed by atoms with Crippen molar-refractivity contribution < 1.29 is 5.11 Å². The molecule has 2 rings (SSSR count). The van der Waals surface area contributed by atoms with Gasteiger partial charge in [-0.05, 0) is 36.6 Å². The fourth-order valence-electron chi connectivity index (χ4n) is 2.56. The summed E-state index contributed by atoms with van der Waals surface area (Å²) in [7, 11) is 0. The number of nitrogens with one attached hydrogen (secondary N) is 1. The van der Waals surface area contributed by atoms with Crippen molar-refractivity contribution in [2.24, 2.45) is 5.92 Å². The molecule has 0 saturated carbocycles. The van der Waals surface area contributed by atoms with E-state index in [0.29, 0.717) is 5.92 Å². The summed E-state index contributed by atoms with van der Waals surface area (Å²) in [6.07, 6.45) is 1.07. The third-order valence-electron chi connectivity index (χ3n) is 3.71. The van der Waals surface area contributed by atoms with E-state index in [1.165, 1.54) is 11.3 Å². The number of hydrogen-bond donors (Lipinski definition) is 2. The lowest BCUT2D eigenvalue weighted by atomic mass is 10.1. The van der Waals surface area contributed by atoms with Crippen molar-refractivity contribution in [3.05, 3.63) is 29.8 Å². The van der Waals surface area contributed by atoms with Crippen molar-refractivity contribution in [1.82, 2.24) is 5.32 Å². The highest BCUT2D eigenvalue weighted by Gasteiger charge is 2.23. The molecule has 3 nitrogen and oxygen atoms in total. The van der Waals surface area contributed by atoms with Gasteiger partial charge in [-0.2, -0.15) is 0 Å². The summed E-state index contributed by atoms with van der Waals surface area (Å²) < 4.78 is 0. The van der Waals surface area contributed by atoms with Crippen molar-refractivity contribution in [1.29, 1.82) is 0 Å². The molecule has 3 heteroatoms. The molecule has 2 atom stereocenters. The quantitative estimate of drug-likeness (QED) is 0.854. The molecular formula is C15H24N2O. The topological polar surface area (TPSA) is 35.5 Å². The van der Waals surface area contributed by atoms with Crippen LogP contribution in [0.2, 0.25) is 0 Å². The Bertz CT molecular complexity index is 363. The van der Waals surface area contributed by atoms with Crippen LogP contribution in [0.4, 0.5) is 5.69 Å². The van der Waals surface area contributed by atoms with Gasteiger partial charge in [-0.3, -0.25) is 0 Å². The first-order chi connectivity index (χ1) is 8.74. The predicted molar refractivity (Wildman–Crippen MR) is 76.1 cm³/mol. The molecule has 2 unspecified atom stereocenters. The molecule has 0 bridgehead atoms. The number of benzene rings is 1. The molecule has 100 valence electrons. The van der Waals surface area contributed by atoms with Gasteiger partial charge in [0.2, 0.25) is 0 Å². The van der Waals surface area contributed by atoms with Crippen LogP contribution in [0.5, 0.6) is 0 Å². The normalized spacial score (nSPS) is 24.9. The average molecular weight is 248 g/mol. The second-order valence-corrected chi connectivity index (χ2v) is 5.27. The lowest BCUT2D eigenvalue weighted by Gasteiger charge is -2.31. The molecule has 0 aliphatic carbocycles. The molecule has 1 saturated heterocycles. The van der Waals surface area contributed by atoms with Gasteiger partial charge in [0.15, 0.2) is 0 Å². The minimum atomic E-state index is 0.183. The zero-order valence-corrected chi connectivity index (χ0v) is 11.4. The Kier molecular flexibility index (Phi) is 4.61. The number of aliphatic hydroxyl groups is 1. The van der Waals surface area contributed by atoms with E-state index in [2.05, 4.69) is 48.3 Å². The Morgan fingerprint density at radius 3 is 2.61 bits per heavy atom. The number of rotatable bonds is 3. The Labute approximate surface area is 110 Å². The van der Waals surface area contributed by atoms with Gasteiger partial charge in [0.25, 0.3) is 0 Å². The summed E-state index contributed by atoms with van der Waals surface area (Å²) >= 11 is 0. The molecule has 1 aromatic carbocycles. The second-order valence-electron chi connectivity index (χ2n) is 5.27. The van der Waals surface area contributed by atoms with Gasteiger partial charge in [0.1, 0.15) is 0 Å². The largest absolute Gasteiger partial charge is 0.394 e. The van der Waals surface area contributed by atoms with Crippen LogP contribution in [0, 0.1) is 5.92 Å². The number of nitrogens with zero attached hydrogens (tertiary/aromatic N) is 1. The summed E-state index contributed by atoms with van der Waals surface area (Å²) in [6, 6.07) is 8.92. The van der Waals surface area contributed by atoms with Crippen LogP contribution in [0.3, 0.4) is 0 Å². The van der Waals surface area contributed by atoms with Crippen LogP contribution in [0.15, 0.2) is 24.3 Å². The highest BCUT2D eigenvalue weighted by atomic mass is 16.3. The van der Waals surface area contributed by atoms with Gasteiger partial charge < -0.3 is 15.3 Å². The zero-order valence-electron chi connectivity index (χ0n) is 11.4. The van der Waals surface area contributed by atoms with E-state index in [4.69, 9.17) is 0 Å². The molecule has 1 aromatic rings. The molecule has 1 aliphatic heterocycles. The van der Waals surface area contributed by atoms with Crippen molar-refractivity contribution in [2.75, 3.05) is 31.1 Å². The van der Waals surface area contributed by atoms with Crippen LogP contribution < -0.4 is 10.2 Å². The lowest BCUT2D eigenvalue weighted by Crippen LogP contribution is -2.42. The fraction of sp³-hybridized carbons (Fsp3) is 0.600. The van der Waals surface area contributed by atoms with E-state index in [1.807, 2.05) is 0 Å². The van der Waals surface area contributed by atoms with E-state index in [9.17, 15) is 5.11 Å². The standard InChI is InChI=1S/C15H24N2O/c1-3-13-4-6-14(7-5-13)17-10-12(2)8-16-9-15(17)11-18/h4-7,12,15-16,18H,3,8-11H2,1-2H3. The van der Waals surface area contributed by atoms with Crippen molar-refractivity contribution >= 4 is 5.69 Å². The first-order valence-corrected chi connectivity index (χ1v) is 6.91. The molecular weight excluding hydrogens is 224 g/mol.